The molecule has 1 amide bonds. The third-order valence-electron chi connectivity index (χ3n) is 3.28. The van der Waals surface area contributed by atoms with Crippen LogP contribution in [0.3, 0.4) is 0 Å². The van der Waals surface area contributed by atoms with Crippen molar-refractivity contribution in [1.29, 1.82) is 0 Å². The van der Waals surface area contributed by atoms with Gasteiger partial charge in [0.25, 0.3) is 11.7 Å². The average Bonchev–Trinajstić information content (AvgIpc) is 3.17. The van der Waals surface area contributed by atoms with Gasteiger partial charge in [-0.15, -0.1) is 21.5 Å². The molecule has 0 spiro atoms. The number of thiophene rings is 1. The summed E-state index contributed by atoms with van der Waals surface area (Å²) in [5, 5.41) is 9.53. The van der Waals surface area contributed by atoms with Crippen molar-refractivity contribution in [1.82, 2.24) is 15.1 Å². The summed E-state index contributed by atoms with van der Waals surface area (Å²) in [4.78, 5) is 26.5. The summed E-state index contributed by atoms with van der Waals surface area (Å²) in [6.45, 7) is 2.25. The van der Waals surface area contributed by atoms with Crippen molar-refractivity contribution < 1.29 is 14.0 Å². The summed E-state index contributed by atoms with van der Waals surface area (Å²) in [6.07, 6.45) is 1.57. The SMILES string of the molecule is Cc1nnc(C2CCCN2C(=O)C(=O)c2cccs2)o1. The molecule has 6 nitrogen and oxygen atoms in total. The molecule has 3 rings (SSSR count). The summed E-state index contributed by atoms with van der Waals surface area (Å²) in [5.74, 6) is -0.0925. The Morgan fingerprint density at radius 3 is 2.95 bits per heavy atom. The van der Waals surface area contributed by atoms with Crippen molar-refractivity contribution in [3.8, 4) is 0 Å². The average molecular weight is 291 g/mol. The third kappa shape index (κ3) is 2.24. The van der Waals surface area contributed by atoms with Crippen molar-refractivity contribution in [2.75, 3.05) is 6.54 Å². The van der Waals surface area contributed by atoms with Gasteiger partial charge >= 0.3 is 0 Å². The van der Waals surface area contributed by atoms with Crippen LogP contribution >= 0.6 is 11.3 Å². The first-order chi connectivity index (χ1) is 9.66. The van der Waals surface area contributed by atoms with Crippen molar-refractivity contribution >= 4 is 23.0 Å². The van der Waals surface area contributed by atoms with Gasteiger partial charge < -0.3 is 9.32 Å². The van der Waals surface area contributed by atoms with Gasteiger partial charge in [-0.1, -0.05) is 6.07 Å². The maximum atomic E-state index is 12.3. The summed E-state index contributed by atoms with van der Waals surface area (Å²) in [6, 6.07) is 3.13. The largest absolute Gasteiger partial charge is 0.423 e. The molecular formula is C13H13N3O3S. The normalized spacial score (nSPS) is 18.4. The maximum Gasteiger partial charge on any atom is 0.296 e. The number of likely N-dealkylation sites (tertiary alicyclic amines) is 1. The van der Waals surface area contributed by atoms with Gasteiger partial charge in [0.05, 0.1) is 4.88 Å². The van der Waals surface area contributed by atoms with Crippen LogP contribution in [0.5, 0.6) is 0 Å². The molecule has 2 aromatic rings. The second-order valence-electron chi connectivity index (χ2n) is 4.62. The summed E-state index contributed by atoms with van der Waals surface area (Å²) < 4.78 is 5.39. The number of hydrogen-bond acceptors (Lipinski definition) is 6. The van der Waals surface area contributed by atoms with Crippen LogP contribution in [0.1, 0.15) is 40.3 Å². The quantitative estimate of drug-likeness (QED) is 0.638. The molecule has 0 saturated carbocycles. The topological polar surface area (TPSA) is 76.3 Å². The van der Waals surface area contributed by atoms with Crippen molar-refractivity contribution in [3.63, 3.8) is 0 Å². The third-order valence-corrected chi connectivity index (χ3v) is 4.15. The van der Waals surface area contributed by atoms with Crippen molar-refractivity contribution in [2.24, 2.45) is 0 Å². The zero-order valence-electron chi connectivity index (χ0n) is 10.9. The highest BCUT2D eigenvalue weighted by Crippen LogP contribution is 2.31. The molecule has 2 aromatic heterocycles. The van der Waals surface area contributed by atoms with E-state index in [0.29, 0.717) is 23.2 Å². The number of hydrogen-bond donors (Lipinski definition) is 0. The van der Waals surface area contributed by atoms with Gasteiger partial charge in [-0.3, -0.25) is 9.59 Å². The molecule has 1 atom stereocenters. The van der Waals surface area contributed by atoms with Crippen molar-refractivity contribution in [2.45, 2.75) is 25.8 Å². The molecule has 0 aliphatic carbocycles. The van der Waals surface area contributed by atoms with Crippen LogP contribution in [-0.4, -0.2) is 33.3 Å². The lowest BCUT2D eigenvalue weighted by atomic mass is 10.2. The molecule has 0 aromatic carbocycles. The molecule has 1 saturated heterocycles. The number of aryl methyl sites for hydroxylation is 1. The molecule has 20 heavy (non-hydrogen) atoms. The predicted molar refractivity (Wildman–Crippen MR) is 71.4 cm³/mol. The van der Waals surface area contributed by atoms with Gasteiger partial charge in [-0.25, -0.2) is 0 Å². The van der Waals surface area contributed by atoms with E-state index in [9.17, 15) is 9.59 Å². The Morgan fingerprint density at radius 1 is 1.45 bits per heavy atom. The molecule has 1 aliphatic heterocycles. The highest BCUT2D eigenvalue weighted by molar-refractivity contribution is 7.13. The first-order valence-electron chi connectivity index (χ1n) is 6.35. The molecule has 0 bridgehead atoms. The van der Waals surface area contributed by atoms with E-state index in [2.05, 4.69) is 10.2 Å². The minimum absolute atomic E-state index is 0.285. The minimum atomic E-state index is -0.495. The number of rotatable bonds is 3. The van der Waals surface area contributed by atoms with Gasteiger partial charge in [0.15, 0.2) is 0 Å². The summed E-state index contributed by atoms with van der Waals surface area (Å²) >= 11 is 1.27. The fourth-order valence-corrected chi connectivity index (χ4v) is 3.01. The van der Waals surface area contributed by atoms with Crippen LogP contribution in [0.2, 0.25) is 0 Å². The number of Topliss-reactive ketones (excluding diaryl/α,β-unsaturated/α-hetero) is 1. The number of carbonyl (C=O) groups excluding carboxylic acids is 2. The maximum absolute atomic E-state index is 12.3. The number of aromatic nitrogens is 2. The van der Waals surface area contributed by atoms with E-state index in [1.54, 1.807) is 24.4 Å². The zero-order chi connectivity index (χ0) is 14.1. The lowest BCUT2D eigenvalue weighted by molar-refractivity contribution is -0.127. The fourth-order valence-electron chi connectivity index (χ4n) is 2.36. The van der Waals surface area contributed by atoms with Crippen LogP contribution < -0.4 is 0 Å². The van der Waals surface area contributed by atoms with E-state index in [4.69, 9.17) is 4.42 Å². The molecule has 0 N–H and O–H groups in total. The fraction of sp³-hybridized carbons (Fsp3) is 0.385. The summed E-state index contributed by atoms with van der Waals surface area (Å²) in [5.41, 5.74) is 0. The Kier molecular flexibility index (Phi) is 3.35. The Bertz CT molecular complexity index is 635. The first-order valence-corrected chi connectivity index (χ1v) is 7.23. The van der Waals surface area contributed by atoms with Gasteiger partial charge in [-0.05, 0) is 24.3 Å². The monoisotopic (exact) mass is 291 g/mol. The molecule has 1 aliphatic rings. The van der Waals surface area contributed by atoms with Gasteiger partial charge in [0.1, 0.15) is 6.04 Å². The standard InChI is InChI=1S/C13H13N3O3S/c1-8-14-15-12(19-8)9-4-2-6-16(9)13(18)11(17)10-5-3-7-20-10/h3,5,7,9H,2,4,6H2,1H3. The van der Waals surface area contributed by atoms with E-state index in [-0.39, 0.29) is 6.04 Å². The molecule has 104 valence electrons. The smallest absolute Gasteiger partial charge is 0.296 e. The Morgan fingerprint density at radius 2 is 2.30 bits per heavy atom. The zero-order valence-corrected chi connectivity index (χ0v) is 11.7. The second-order valence-corrected chi connectivity index (χ2v) is 5.57. The van der Waals surface area contributed by atoms with E-state index in [1.807, 2.05) is 0 Å². The van der Waals surface area contributed by atoms with Gasteiger partial charge in [0, 0.05) is 13.5 Å². The first kappa shape index (κ1) is 13.0. The van der Waals surface area contributed by atoms with Crippen LogP contribution in [0.25, 0.3) is 0 Å². The molecule has 0 radical (unpaired) electrons. The van der Waals surface area contributed by atoms with E-state index < -0.39 is 11.7 Å². The summed E-state index contributed by atoms with van der Waals surface area (Å²) in [7, 11) is 0. The molecule has 1 unspecified atom stereocenters. The van der Waals surface area contributed by atoms with Gasteiger partial charge in [0.2, 0.25) is 11.8 Å². The Balaban J connectivity index is 1.82. The second kappa shape index (κ2) is 5.16. The van der Waals surface area contributed by atoms with E-state index in [0.717, 1.165) is 12.8 Å². The van der Waals surface area contributed by atoms with Crippen LogP contribution in [0, 0.1) is 6.92 Å². The van der Waals surface area contributed by atoms with E-state index in [1.165, 1.54) is 16.2 Å². The number of ketones is 1. The molecular weight excluding hydrogens is 278 g/mol. The predicted octanol–water partition coefficient (Wildman–Crippen LogP) is 1.99. The minimum Gasteiger partial charge on any atom is -0.423 e. The molecule has 7 heteroatoms. The van der Waals surface area contributed by atoms with E-state index >= 15 is 0 Å². The number of carbonyl (C=O) groups is 2. The number of amides is 1. The highest BCUT2D eigenvalue weighted by Gasteiger charge is 2.36. The van der Waals surface area contributed by atoms with Crippen LogP contribution in [0.15, 0.2) is 21.9 Å². The van der Waals surface area contributed by atoms with Crippen LogP contribution in [-0.2, 0) is 4.79 Å². The van der Waals surface area contributed by atoms with Crippen LogP contribution in [0.4, 0.5) is 0 Å². The molecule has 1 fully saturated rings. The lowest BCUT2D eigenvalue weighted by Crippen LogP contribution is -2.36. The Hall–Kier alpha value is -2.02. The highest BCUT2D eigenvalue weighted by atomic mass is 32.1. The number of nitrogens with zero attached hydrogens (tertiary/aromatic N) is 3. The van der Waals surface area contributed by atoms with Crippen molar-refractivity contribution in [3.05, 3.63) is 34.2 Å². The Labute approximate surface area is 119 Å². The lowest BCUT2D eigenvalue weighted by Gasteiger charge is -2.20. The molecule has 3 heterocycles. The van der Waals surface area contributed by atoms with Gasteiger partial charge in [-0.2, -0.15) is 0 Å².